The molecule has 0 unspecified atom stereocenters. The summed E-state index contributed by atoms with van der Waals surface area (Å²) in [6.45, 7) is 9.57. The average molecular weight is 379 g/mol. The summed E-state index contributed by atoms with van der Waals surface area (Å²) < 4.78 is 15.8. The predicted octanol–water partition coefficient (Wildman–Crippen LogP) is 2.19. The Morgan fingerprint density at radius 3 is 2.63 bits per heavy atom. The van der Waals surface area contributed by atoms with Gasteiger partial charge in [-0.2, -0.15) is 0 Å². The van der Waals surface area contributed by atoms with Crippen LogP contribution in [0.5, 0.6) is 5.88 Å². The molecule has 0 N–H and O–H groups in total. The highest BCUT2D eigenvalue weighted by Crippen LogP contribution is 2.18. The van der Waals surface area contributed by atoms with E-state index >= 15 is 0 Å². The third kappa shape index (κ3) is 6.09. The summed E-state index contributed by atoms with van der Waals surface area (Å²) in [6, 6.07) is 3.17. The van der Waals surface area contributed by atoms with E-state index in [1.54, 1.807) is 35.2 Å². The Hall–Kier alpha value is -2.35. The molecule has 1 saturated heterocycles. The lowest BCUT2D eigenvalue weighted by Gasteiger charge is -2.40. The lowest BCUT2D eigenvalue weighted by molar-refractivity contribution is 0.00616. The third-order valence-electron chi connectivity index (χ3n) is 4.06. The SMILES string of the molecule is COCCOc1cc(C(=O)N2CCN(C(=O)OC(C)(C)C)C[C@H]2C)ccn1. The minimum absolute atomic E-state index is 0.106. The van der Waals surface area contributed by atoms with Crippen molar-refractivity contribution in [1.29, 1.82) is 0 Å². The molecule has 0 aliphatic carbocycles. The van der Waals surface area contributed by atoms with Crippen LogP contribution < -0.4 is 4.74 Å². The van der Waals surface area contributed by atoms with Gasteiger partial charge in [0.1, 0.15) is 12.2 Å². The van der Waals surface area contributed by atoms with E-state index in [2.05, 4.69) is 4.98 Å². The zero-order chi connectivity index (χ0) is 20.0. The highest BCUT2D eigenvalue weighted by atomic mass is 16.6. The smallest absolute Gasteiger partial charge is 0.410 e. The van der Waals surface area contributed by atoms with Crippen LogP contribution in [0.15, 0.2) is 18.3 Å². The summed E-state index contributed by atoms with van der Waals surface area (Å²) in [4.78, 5) is 32.6. The minimum Gasteiger partial charge on any atom is -0.475 e. The molecular formula is C19H29N3O5. The highest BCUT2D eigenvalue weighted by Gasteiger charge is 2.32. The van der Waals surface area contributed by atoms with E-state index in [1.807, 2.05) is 27.7 Å². The van der Waals surface area contributed by atoms with E-state index in [0.29, 0.717) is 44.3 Å². The first-order chi connectivity index (χ1) is 12.7. The molecule has 1 fully saturated rings. The number of hydrogen-bond donors (Lipinski definition) is 0. The Labute approximate surface area is 160 Å². The zero-order valence-electron chi connectivity index (χ0n) is 16.7. The van der Waals surface area contributed by atoms with Gasteiger partial charge < -0.3 is 24.0 Å². The van der Waals surface area contributed by atoms with Crippen LogP contribution in [0.1, 0.15) is 38.1 Å². The fraction of sp³-hybridized carbons (Fsp3) is 0.632. The second-order valence-corrected chi connectivity index (χ2v) is 7.50. The Balaban J connectivity index is 1.98. The number of hydrogen-bond acceptors (Lipinski definition) is 6. The molecule has 0 radical (unpaired) electrons. The molecule has 0 bridgehead atoms. The summed E-state index contributed by atoms with van der Waals surface area (Å²) in [5, 5.41) is 0. The first-order valence-electron chi connectivity index (χ1n) is 9.08. The number of rotatable bonds is 5. The monoisotopic (exact) mass is 379 g/mol. The van der Waals surface area contributed by atoms with Gasteiger partial charge in [-0.15, -0.1) is 0 Å². The van der Waals surface area contributed by atoms with Crippen molar-refractivity contribution in [3.8, 4) is 5.88 Å². The molecular weight excluding hydrogens is 350 g/mol. The first kappa shape index (κ1) is 21.0. The van der Waals surface area contributed by atoms with Crippen molar-refractivity contribution in [3.05, 3.63) is 23.9 Å². The van der Waals surface area contributed by atoms with Gasteiger partial charge in [-0.25, -0.2) is 9.78 Å². The van der Waals surface area contributed by atoms with Gasteiger partial charge in [0, 0.05) is 50.6 Å². The molecule has 1 aliphatic rings. The van der Waals surface area contributed by atoms with Gasteiger partial charge >= 0.3 is 6.09 Å². The first-order valence-corrected chi connectivity index (χ1v) is 9.08. The van der Waals surface area contributed by atoms with Crippen LogP contribution >= 0.6 is 0 Å². The Morgan fingerprint density at radius 2 is 2.00 bits per heavy atom. The summed E-state index contributed by atoms with van der Waals surface area (Å²) in [5.41, 5.74) is -0.0289. The molecule has 1 aromatic heterocycles. The third-order valence-corrected chi connectivity index (χ3v) is 4.06. The number of carbonyl (C=O) groups excluding carboxylic acids is 2. The van der Waals surface area contributed by atoms with Crippen molar-refractivity contribution in [2.45, 2.75) is 39.3 Å². The number of nitrogens with zero attached hydrogens (tertiary/aromatic N) is 3. The van der Waals surface area contributed by atoms with E-state index < -0.39 is 5.60 Å². The summed E-state index contributed by atoms with van der Waals surface area (Å²) in [5.74, 6) is 0.281. The van der Waals surface area contributed by atoms with E-state index in [9.17, 15) is 9.59 Å². The molecule has 8 nitrogen and oxygen atoms in total. The summed E-state index contributed by atoms with van der Waals surface area (Å²) in [6.07, 6.45) is 1.20. The van der Waals surface area contributed by atoms with Crippen LogP contribution in [-0.2, 0) is 9.47 Å². The van der Waals surface area contributed by atoms with Crippen molar-refractivity contribution in [1.82, 2.24) is 14.8 Å². The van der Waals surface area contributed by atoms with Crippen LogP contribution in [0.3, 0.4) is 0 Å². The van der Waals surface area contributed by atoms with Crippen molar-refractivity contribution in [2.24, 2.45) is 0 Å². The van der Waals surface area contributed by atoms with Gasteiger partial charge in [0.2, 0.25) is 5.88 Å². The number of methoxy groups -OCH3 is 1. The van der Waals surface area contributed by atoms with Crippen LogP contribution in [-0.4, -0.2) is 78.4 Å². The lowest BCUT2D eigenvalue weighted by atomic mass is 10.1. The largest absolute Gasteiger partial charge is 0.475 e. The second kappa shape index (κ2) is 9.03. The van der Waals surface area contributed by atoms with Gasteiger partial charge in [-0.05, 0) is 33.8 Å². The predicted molar refractivity (Wildman–Crippen MR) is 99.9 cm³/mol. The molecule has 27 heavy (non-hydrogen) atoms. The van der Waals surface area contributed by atoms with Gasteiger partial charge in [0.05, 0.1) is 6.61 Å². The van der Waals surface area contributed by atoms with E-state index in [-0.39, 0.29) is 18.0 Å². The number of pyridine rings is 1. The number of carbonyl (C=O) groups is 2. The fourth-order valence-corrected chi connectivity index (χ4v) is 2.77. The van der Waals surface area contributed by atoms with Gasteiger partial charge in [0.15, 0.2) is 0 Å². The van der Waals surface area contributed by atoms with Crippen molar-refractivity contribution in [2.75, 3.05) is 40.0 Å². The fourth-order valence-electron chi connectivity index (χ4n) is 2.77. The molecule has 0 spiro atoms. The molecule has 1 aromatic rings. The standard InChI is InChI=1S/C19H29N3O5/c1-14-13-21(18(24)27-19(2,3)4)8-9-22(14)17(23)15-6-7-20-16(12-15)26-11-10-25-5/h6-7,12,14H,8-11,13H2,1-5H3/t14-/m1/s1. The Bertz CT molecular complexity index is 659. The maximum atomic E-state index is 12.9. The van der Waals surface area contributed by atoms with E-state index in [0.717, 1.165) is 0 Å². The highest BCUT2D eigenvalue weighted by molar-refractivity contribution is 5.94. The number of ether oxygens (including phenoxy) is 3. The summed E-state index contributed by atoms with van der Waals surface area (Å²) in [7, 11) is 1.59. The molecule has 0 saturated carbocycles. The molecule has 2 rings (SSSR count). The van der Waals surface area contributed by atoms with Crippen LogP contribution in [0.25, 0.3) is 0 Å². The van der Waals surface area contributed by atoms with E-state index in [4.69, 9.17) is 14.2 Å². The number of amides is 2. The van der Waals surface area contributed by atoms with Crippen molar-refractivity contribution >= 4 is 12.0 Å². The molecule has 2 amide bonds. The molecule has 150 valence electrons. The summed E-state index contributed by atoms with van der Waals surface area (Å²) >= 11 is 0. The second-order valence-electron chi connectivity index (χ2n) is 7.50. The maximum absolute atomic E-state index is 12.9. The van der Waals surface area contributed by atoms with Gasteiger partial charge in [0.25, 0.3) is 5.91 Å². The van der Waals surface area contributed by atoms with Crippen molar-refractivity contribution in [3.63, 3.8) is 0 Å². The molecule has 1 aliphatic heterocycles. The Kier molecular flexibility index (Phi) is 7.01. The number of piperazine rings is 1. The van der Waals surface area contributed by atoms with Crippen LogP contribution in [0.2, 0.25) is 0 Å². The molecule has 0 aromatic carbocycles. The topological polar surface area (TPSA) is 81.2 Å². The minimum atomic E-state index is -0.538. The van der Waals surface area contributed by atoms with Gasteiger partial charge in [-0.1, -0.05) is 0 Å². The molecule has 8 heteroatoms. The Morgan fingerprint density at radius 1 is 1.26 bits per heavy atom. The lowest BCUT2D eigenvalue weighted by Crippen LogP contribution is -2.56. The van der Waals surface area contributed by atoms with Crippen molar-refractivity contribution < 1.29 is 23.8 Å². The maximum Gasteiger partial charge on any atom is 0.410 e. The normalized spacial score (nSPS) is 17.6. The quantitative estimate of drug-likeness (QED) is 0.730. The van der Waals surface area contributed by atoms with Crippen LogP contribution in [0, 0.1) is 0 Å². The van der Waals surface area contributed by atoms with Gasteiger partial charge in [-0.3, -0.25) is 4.79 Å². The zero-order valence-corrected chi connectivity index (χ0v) is 16.7. The molecule has 1 atom stereocenters. The molecule has 2 heterocycles. The average Bonchev–Trinajstić information content (AvgIpc) is 2.60. The van der Waals surface area contributed by atoms with E-state index in [1.165, 1.54) is 0 Å². The van der Waals surface area contributed by atoms with Crippen LogP contribution in [0.4, 0.5) is 4.79 Å². The number of aromatic nitrogens is 1.